The fourth-order valence-corrected chi connectivity index (χ4v) is 2.99. The van der Waals surface area contributed by atoms with Gasteiger partial charge in [0, 0.05) is 12.1 Å². The highest BCUT2D eigenvalue weighted by Gasteiger charge is 2.39. The largest absolute Gasteiger partial charge is 0.469 e. The Balaban J connectivity index is 0.000000717. The highest BCUT2D eigenvalue weighted by atomic mass is 35.5. The second-order valence-electron chi connectivity index (χ2n) is 7.76. The van der Waals surface area contributed by atoms with Crippen molar-refractivity contribution < 1.29 is 74.3 Å². The molecule has 0 aromatic heterocycles. The van der Waals surface area contributed by atoms with Crippen molar-refractivity contribution in [1.29, 1.82) is 0 Å². The summed E-state index contributed by atoms with van der Waals surface area (Å²) < 4.78 is 91.2. The third-order valence-electron chi connectivity index (χ3n) is 4.95. The summed E-state index contributed by atoms with van der Waals surface area (Å²) in [7, 11) is 4.28. The molecule has 2 rings (SSSR count). The van der Waals surface area contributed by atoms with Crippen LogP contribution in [0.5, 0.6) is 0 Å². The van der Waals surface area contributed by atoms with Crippen LogP contribution in [0, 0.1) is 20.2 Å². The van der Waals surface area contributed by atoms with E-state index in [1.807, 2.05) is 0 Å². The van der Waals surface area contributed by atoms with E-state index in [-0.39, 0.29) is 17.5 Å². The van der Waals surface area contributed by atoms with Crippen LogP contribution in [0.15, 0.2) is 36.4 Å². The number of hydrogen-bond acceptors (Lipinski definition) is 12. The molecule has 45 heavy (non-hydrogen) atoms. The van der Waals surface area contributed by atoms with Gasteiger partial charge < -0.3 is 18.9 Å². The summed E-state index contributed by atoms with van der Waals surface area (Å²) in [5.74, 6) is -5.38. The van der Waals surface area contributed by atoms with Crippen LogP contribution in [0.4, 0.5) is 37.7 Å². The highest BCUT2D eigenvalue weighted by Crippen LogP contribution is 2.36. The van der Waals surface area contributed by atoms with Gasteiger partial charge >= 0.3 is 36.2 Å². The Kier molecular flexibility index (Phi) is 15.4. The van der Waals surface area contributed by atoms with Crippen LogP contribution in [0.1, 0.15) is 29.0 Å². The summed E-state index contributed by atoms with van der Waals surface area (Å²) in [4.78, 5) is 62.9. The first-order chi connectivity index (χ1) is 20.7. The average Bonchev–Trinajstić information content (AvgIpc) is 2.96. The van der Waals surface area contributed by atoms with Gasteiger partial charge in [0.2, 0.25) is 0 Å². The number of benzene rings is 2. The molecular formula is C24H21ClF6N2O12. The number of carbonyl (C=O) groups is 4. The van der Waals surface area contributed by atoms with Crippen molar-refractivity contribution in [3.05, 3.63) is 78.3 Å². The molecule has 2 aromatic rings. The minimum atomic E-state index is -4.81. The standard InChI is InChI=1S/C12H10F3NO6.C7H3ClF3NO2.C5H8O4/c1-21-10(17)9(11(18)22-2)7-4-3-6(12(13,14)15)5-8(7)16(19)20;8-5-2-1-4(7(9,10)11)3-6(5)12(13)14;1-8-4(6)3-5(7)9-2/h3-5,9H,1-2H3;1-3H;3H2,1-2H3. The lowest BCUT2D eigenvalue weighted by Crippen LogP contribution is -2.25. The zero-order valence-electron chi connectivity index (χ0n) is 23.2. The van der Waals surface area contributed by atoms with Crippen molar-refractivity contribution >= 4 is 46.9 Å². The Hall–Kier alpha value is -5.01. The maximum atomic E-state index is 12.6. The number of rotatable bonds is 7. The van der Waals surface area contributed by atoms with Crippen molar-refractivity contribution in [2.45, 2.75) is 24.7 Å². The number of nitro groups is 2. The van der Waals surface area contributed by atoms with Gasteiger partial charge in [-0.2, -0.15) is 26.3 Å². The summed E-state index contributed by atoms with van der Waals surface area (Å²) in [5, 5.41) is 20.9. The van der Waals surface area contributed by atoms with E-state index in [0.717, 1.165) is 20.3 Å². The van der Waals surface area contributed by atoms with Gasteiger partial charge in [-0.25, -0.2) is 0 Å². The molecule has 14 nitrogen and oxygen atoms in total. The Morgan fingerprint density at radius 2 is 1.09 bits per heavy atom. The van der Waals surface area contributed by atoms with Gasteiger partial charge in [-0.3, -0.25) is 39.4 Å². The van der Waals surface area contributed by atoms with E-state index < -0.39 is 80.1 Å². The number of hydrogen-bond donors (Lipinski definition) is 0. The second kappa shape index (κ2) is 17.3. The van der Waals surface area contributed by atoms with E-state index in [2.05, 4.69) is 18.9 Å². The highest BCUT2D eigenvalue weighted by molar-refractivity contribution is 6.32. The maximum Gasteiger partial charge on any atom is 0.416 e. The molecule has 21 heteroatoms. The van der Waals surface area contributed by atoms with Gasteiger partial charge in [-0.15, -0.1) is 0 Å². The Labute approximate surface area is 253 Å². The fraction of sp³-hybridized carbons (Fsp3) is 0.333. The van der Waals surface area contributed by atoms with E-state index >= 15 is 0 Å². The lowest BCUT2D eigenvalue weighted by atomic mass is 9.96. The van der Waals surface area contributed by atoms with Gasteiger partial charge in [-0.05, 0) is 18.2 Å². The number of halogens is 7. The summed E-state index contributed by atoms with van der Waals surface area (Å²) >= 11 is 5.33. The third-order valence-corrected chi connectivity index (χ3v) is 5.27. The SMILES string of the molecule is COC(=O)C(C(=O)OC)c1ccc(C(F)(F)F)cc1[N+](=O)[O-].COC(=O)CC(=O)OC.O=[N+]([O-])c1cc(C(F)(F)F)ccc1Cl. The zero-order valence-corrected chi connectivity index (χ0v) is 23.9. The quantitative estimate of drug-likeness (QED) is 0.0949. The van der Waals surface area contributed by atoms with Crippen LogP contribution in [0.3, 0.4) is 0 Å². The summed E-state index contributed by atoms with van der Waals surface area (Å²) in [5.41, 5.74) is -4.70. The number of esters is 4. The van der Waals surface area contributed by atoms with Gasteiger partial charge in [-0.1, -0.05) is 17.7 Å². The van der Waals surface area contributed by atoms with Crippen molar-refractivity contribution in [3.63, 3.8) is 0 Å². The van der Waals surface area contributed by atoms with Crippen LogP contribution in [0.2, 0.25) is 5.02 Å². The van der Waals surface area contributed by atoms with Gasteiger partial charge in [0.05, 0.1) is 55.0 Å². The maximum absolute atomic E-state index is 12.6. The van der Waals surface area contributed by atoms with Gasteiger partial charge in [0.15, 0.2) is 5.92 Å². The number of carbonyl (C=O) groups excluding carboxylic acids is 4. The predicted octanol–water partition coefficient (Wildman–Crippen LogP) is 5.03. The first-order valence-corrected chi connectivity index (χ1v) is 11.7. The third kappa shape index (κ3) is 12.6. The molecule has 0 saturated heterocycles. The Morgan fingerprint density at radius 3 is 1.42 bits per heavy atom. The Morgan fingerprint density at radius 1 is 0.711 bits per heavy atom. The predicted molar refractivity (Wildman–Crippen MR) is 137 cm³/mol. The molecule has 0 aliphatic carbocycles. The number of alkyl halides is 6. The smallest absolute Gasteiger partial charge is 0.416 e. The summed E-state index contributed by atoms with van der Waals surface area (Å²) in [6, 6.07) is 3.40. The molecular weight excluding hydrogens is 658 g/mol. The molecule has 0 unspecified atom stereocenters. The van der Waals surface area contributed by atoms with Crippen molar-refractivity contribution in [2.24, 2.45) is 0 Å². The molecule has 0 atom stereocenters. The van der Waals surface area contributed by atoms with Crippen LogP contribution in [0.25, 0.3) is 0 Å². The van der Waals surface area contributed by atoms with Crippen LogP contribution in [-0.2, 0) is 50.5 Å². The van der Waals surface area contributed by atoms with Crippen molar-refractivity contribution in [3.8, 4) is 0 Å². The second-order valence-corrected chi connectivity index (χ2v) is 8.17. The number of nitro benzene ring substituents is 2. The summed E-state index contributed by atoms with van der Waals surface area (Å²) in [6.07, 6.45) is -9.72. The van der Waals surface area contributed by atoms with E-state index in [1.54, 1.807) is 0 Å². The van der Waals surface area contributed by atoms with Crippen molar-refractivity contribution in [2.75, 3.05) is 28.4 Å². The normalized spacial score (nSPS) is 10.7. The van der Waals surface area contributed by atoms with E-state index in [4.69, 9.17) is 11.6 Å². The molecule has 0 heterocycles. The van der Waals surface area contributed by atoms with Crippen molar-refractivity contribution in [1.82, 2.24) is 0 Å². The molecule has 0 aliphatic rings. The minimum absolute atomic E-state index is 0.244. The molecule has 0 fully saturated rings. The van der Waals surface area contributed by atoms with Gasteiger partial charge in [0.1, 0.15) is 11.4 Å². The minimum Gasteiger partial charge on any atom is -0.469 e. The molecule has 0 amide bonds. The number of nitrogens with zero attached hydrogens (tertiary/aromatic N) is 2. The molecule has 0 spiro atoms. The van der Waals surface area contributed by atoms with E-state index in [0.29, 0.717) is 24.3 Å². The Bertz CT molecular complexity index is 1390. The van der Waals surface area contributed by atoms with Crippen LogP contribution < -0.4 is 0 Å². The molecule has 0 aliphatic heterocycles. The fourth-order valence-electron chi connectivity index (χ4n) is 2.80. The first kappa shape index (κ1) is 40.0. The van der Waals surface area contributed by atoms with Crippen LogP contribution in [-0.4, -0.2) is 62.2 Å². The van der Waals surface area contributed by atoms with E-state index in [1.165, 1.54) is 14.2 Å². The zero-order chi connectivity index (χ0) is 35.3. The molecule has 2 aromatic carbocycles. The summed E-state index contributed by atoms with van der Waals surface area (Å²) in [6.45, 7) is 0. The van der Waals surface area contributed by atoms with Gasteiger partial charge in [0.25, 0.3) is 11.4 Å². The lowest BCUT2D eigenvalue weighted by molar-refractivity contribution is -0.385. The topological polar surface area (TPSA) is 191 Å². The molecule has 0 bridgehead atoms. The molecule has 0 saturated carbocycles. The van der Waals surface area contributed by atoms with Crippen LogP contribution >= 0.6 is 11.6 Å². The molecule has 0 N–H and O–H groups in total. The monoisotopic (exact) mass is 678 g/mol. The van der Waals surface area contributed by atoms with E-state index in [9.17, 15) is 65.7 Å². The number of methoxy groups -OCH3 is 4. The lowest BCUT2D eigenvalue weighted by Gasteiger charge is -2.14. The average molecular weight is 679 g/mol. The first-order valence-electron chi connectivity index (χ1n) is 11.3. The number of ether oxygens (including phenoxy) is 4. The molecule has 248 valence electrons. The molecule has 0 radical (unpaired) electrons.